The zero-order chi connectivity index (χ0) is 17.0. The topological polar surface area (TPSA) is 48.7 Å². The maximum Gasteiger partial charge on any atom is 0.119 e. The zero-order valence-corrected chi connectivity index (χ0v) is 14.5. The molecule has 1 N–H and O–H groups in total. The molecule has 0 spiro atoms. The van der Waals surface area contributed by atoms with Crippen LogP contribution in [0.2, 0.25) is 5.02 Å². The van der Waals surface area contributed by atoms with Crippen LogP contribution < -0.4 is 9.64 Å². The van der Waals surface area contributed by atoms with Crippen LogP contribution in [-0.2, 0) is 0 Å². The molecule has 0 fully saturated rings. The molecule has 2 rings (SSSR count). The number of rotatable bonds is 4. The summed E-state index contributed by atoms with van der Waals surface area (Å²) in [6, 6.07) is 13.3. The van der Waals surface area contributed by atoms with Crippen molar-refractivity contribution in [2.75, 3.05) is 26.1 Å². The first-order valence-corrected chi connectivity index (χ1v) is 7.55. The monoisotopic (exact) mass is 329 g/mol. The summed E-state index contributed by atoms with van der Waals surface area (Å²) >= 11 is 5.98. The predicted molar refractivity (Wildman–Crippen MR) is 97.8 cm³/mol. The van der Waals surface area contributed by atoms with Gasteiger partial charge in [-0.25, -0.2) is 0 Å². The van der Waals surface area contributed by atoms with Crippen LogP contribution in [0.4, 0.5) is 5.69 Å². The van der Waals surface area contributed by atoms with Gasteiger partial charge in [-0.3, -0.25) is 10.4 Å². The highest BCUT2D eigenvalue weighted by Crippen LogP contribution is 2.28. The summed E-state index contributed by atoms with van der Waals surface area (Å²) in [5.41, 5.74) is 3.59. The molecule has 0 aliphatic carbocycles. The van der Waals surface area contributed by atoms with Crippen molar-refractivity contribution in [2.45, 2.75) is 6.92 Å². The molecule has 0 aliphatic rings. The summed E-state index contributed by atoms with van der Waals surface area (Å²) in [7, 11) is 5.25. The molecule has 120 valence electrons. The van der Waals surface area contributed by atoms with Crippen LogP contribution in [0.15, 0.2) is 47.5 Å². The first-order chi connectivity index (χ1) is 11.0. The zero-order valence-electron chi connectivity index (χ0n) is 13.7. The molecule has 23 heavy (non-hydrogen) atoms. The highest BCUT2D eigenvalue weighted by Gasteiger charge is 2.16. The van der Waals surface area contributed by atoms with Crippen LogP contribution >= 0.6 is 11.6 Å². The van der Waals surface area contributed by atoms with Crippen LogP contribution in [0.3, 0.4) is 0 Å². The Morgan fingerprint density at radius 2 is 1.83 bits per heavy atom. The highest BCUT2D eigenvalue weighted by molar-refractivity contribution is 6.30. The molecule has 2 aromatic rings. The van der Waals surface area contributed by atoms with E-state index in [1.165, 1.54) is 0 Å². The number of hydrogen-bond acceptors (Lipinski definition) is 3. The largest absolute Gasteiger partial charge is 0.497 e. The Kier molecular flexibility index (Phi) is 5.40. The van der Waals surface area contributed by atoms with Gasteiger partial charge in [-0.05, 0) is 37.3 Å². The number of aliphatic imine (C=N–C) groups is 1. The molecule has 0 heterocycles. The van der Waals surface area contributed by atoms with Gasteiger partial charge in [0.15, 0.2) is 0 Å². The third-order valence-electron chi connectivity index (χ3n) is 3.66. The molecule has 0 bridgehead atoms. The summed E-state index contributed by atoms with van der Waals surface area (Å²) in [4.78, 5) is 6.27. The van der Waals surface area contributed by atoms with Crippen LogP contribution in [-0.4, -0.2) is 32.8 Å². The molecule has 0 saturated carbocycles. The van der Waals surface area contributed by atoms with E-state index in [-0.39, 0.29) is 0 Å². The van der Waals surface area contributed by atoms with Gasteiger partial charge in [0.1, 0.15) is 5.75 Å². The van der Waals surface area contributed by atoms with E-state index >= 15 is 0 Å². The Bertz CT molecular complexity index is 738. The van der Waals surface area contributed by atoms with Crippen molar-refractivity contribution >= 4 is 28.8 Å². The predicted octanol–water partition coefficient (Wildman–Crippen LogP) is 4.25. The maximum absolute atomic E-state index is 7.90. The third kappa shape index (κ3) is 3.71. The van der Waals surface area contributed by atoms with E-state index in [0.29, 0.717) is 10.9 Å². The van der Waals surface area contributed by atoms with Crippen molar-refractivity contribution in [1.82, 2.24) is 0 Å². The Balaban J connectivity index is 2.62. The quantitative estimate of drug-likeness (QED) is 0.673. The average molecular weight is 330 g/mol. The molecule has 5 heteroatoms. The average Bonchev–Trinajstić information content (AvgIpc) is 2.56. The SMILES string of the molecule is C/N=C(/c1ccc(Cl)cc1)c1cc(OC)ccc1N(C)C(C)=N. The highest BCUT2D eigenvalue weighted by atomic mass is 35.5. The van der Waals surface area contributed by atoms with Crippen molar-refractivity contribution in [3.63, 3.8) is 0 Å². The lowest BCUT2D eigenvalue weighted by atomic mass is 9.99. The number of halogens is 1. The summed E-state index contributed by atoms with van der Waals surface area (Å²) in [5.74, 6) is 1.19. The van der Waals surface area contributed by atoms with E-state index < -0.39 is 0 Å². The Hall–Kier alpha value is -2.33. The van der Waals surface area contributed by atoms with Crippen molar-refractivity contribution in [2.24, 2.45) is 4.99 Å². The van der Waals surface area contributed by atoms with E-state index in [2.05, 4.69) is 4.99 Å². The molecule has 0 atom stereocenters. The van der Waals surface area contributed by atoms with Crippen molar-refractivity contribution in [1.29, 1.82) is 5.41 Å². The van der Waals surface area contributed by atoms with E-state index in [9.17, 15) is 0 Å². The van der Waals surface area contributed by atoms with E-state index in [1.54, 1.807) is 21.1 Å². The molecule has 4 nitrogen and oxygen atoms in total. The first-order valence-electron chi connectivity index (χ1n) is 7.18. The summed E-state index contributed by atoms with van der Waals surface area (Å²) in [6.07, 6.45) is 0. The van der Waals surface area contributed by atoms with Gasteiger partial charge < -0.3 is 9.64 Å². The van der Waals surface area contributed by atoms with Gasteiger partial charge in [0.05, 0.1) is 24.3 Å². The van der Waals surface area contributed by atoms with E-state index in [4.69, 9.17) is 21.7 Å². The minimum absolute atomic E-state index is 0.447. The molecule has 0 amide bonds. The fraction of sp³-hybridized carbons (Fsp3) is 0.222. The molecule has 2 aromatic carbocycles. The number of benzene rings is 2. The van der Waals surface area contributed by atoms with Gasteiger partial charge in [-0.15, -0.1) is 0 Å². The number of anilines is 1. The number of amidine groups is 1. The lowest BCUT2D eigenvalue weighted by molar-refractivity contribution is 0.415. The lowest BCUT2D eigenvalue weighted by Gasteiger charge is -2.22. The molecular formula is C18H20ClN3O. The molecule has 0 unspecified atom stereocenters. The third-order valence-corrected chi connectivity index (χ3v) is 3.92. The second-order valence-corrected chi connectivity index (χ2v) is 5.54. The van der Waals surface area contributed by atoms with Gasteiger partial charge in [0.2, 0.25) is 0 Å². The van der Waals surface area contributed by atoms with Crippen molar-refractivity contribution in [3.8, 4) is 5.75 Å². The standard InChI is InChI=1S/C18H20ClN3O/c1-12(20)22(3)17-10-9-15(23-4)11-16(17)18(21-2)13-5-7-14(19)8-6-13/h5-11,20H,1-4H3/b20-12?,21-18-. The van der Waals surface area contributed by atoms with Gasteiger partial charge in [0.25, 0.3) is 0 Å². The Labute approximate surface area is 141 Å². The second kappa shape index (κ2) is 7.29. The molecular weight excluding hydrogens is 310 g/mol. The minimum Gasteiger partial charge on any atom is -0.497 e. The van der Waals surface area contributed by atoms with Crippen LogP contribution in [0, 0.1) is 5.41 Å². The van der Waals surface area contributed by atoms with Crippen molar-refractivity contribution in [3.05, 3.63) is 58.6 Å². The number of hydrogen-bond donors (Lipinski definition) is 1. The normalized spacial score (nSPS) is 11.3. The summed E-state index contributed by atoms with van der Waals surface area (Å²) in [5, 5.41) is 8.58. The van der Waals surface area contributed by atoms with Gasteiger partial charge >= 0.3 is 0 Å². The maximum atomic E-state index is 7.90. The number of ether oxygens (including phenoxy) is 1. The second-order valence-electron chi connectivity index (χ2n) is 5.11. The van der Waals surface area contributed by atoms with E-state index in [1.807, 2.05) is 54.4 Å². The fourth-order valence-corrected chi connectivity index (χ4v) is 2.44. The summed E-state index contributed by atoms with van der Waals surface area (Å²) < 4.78 is 5.35. The number of nitrogens with zero attached hydrogens (tertiary/aromatic N) is 2. The Morgan fingerprint density at radius 3 is 2.35 bits per heavy atom. The first kappa shape index (κ1) is 17.0. The van der Waals surface area contributed by atoms with Crippen molar-refractivity contribution < 1.29 is 4.74 Å². The Morgan fingerprint density at radius 1 is 1.17 bits per heavy atom. The molecule has 0 aromatic heterocycles. The smallest absolute Gasteiger partial charge is 0.119 e. The van der Waals surface area contributed by atoms with Crippen LogP contribution in [0.1, 0.15) is 18.1 Å². The molecule has 0 radical (unpaired) electrons. The van der Waals surface area contributed by atoms with Crippen LogP contribution in [0.5, 0.6) is 5.75 Å². The number of nitrogens with one attached hydrogen (secondary N) is 1. The lowest BCUT2D eigenvalue weighted by Crippen LogP contribution is -2.24. The fourth-order valence-electron chi connectivity index (χ4n) is 2.32. The van der Waals surface area contributed by atoms with E-state index in [0.717, 1.165) is 28.3 Å². The molecule has 0 saturated heterocycles. The minimum atomic E-state index is 0.447. The van der Waals surface area contributed by atoms with Gasteiger partial charge in [-0.1, -0.05) is 23.7 Å². The van der Waals surface area contributed by atoms with Gasteiger partial charge in [0, 0.05) is 30.2 Å². The summed E-state index contributed by atoms with van der Waals surface area (Å²) in [6.45, 7) is 1.75. The van der Waals surface area contributed by atoms with Gasteiger partial charge in [-0.2, -0.15) is 0 Å². The van der Waals surface area contributed by atoms with Crippen LogP contribution in [0.25, 0.3) is 0 Å². The molecule has 0 aliphatic heterocycles. The number of methoxy groups -OCH3 is 1.